The maximum absolute atomic E-state index is 12.5. The Labute approximate surface area is 194 Å². The molecule has 172 valence electrons. The van der Waals surface area contributed by atoms with E-state index in [-0.39, 0.29) is 11.9 Å². The van der Waals surface area contributed by atoms with Crippen molar-refractivity contribution in [2.45, 2.75) is 64.2 Å². The van der Waals surface area contributed by atoms with Gasteiger partial charge in [-0.2, -0.15) is 4.98 Å². The molecule has 7 nitrogen and oxygen atoms in total. The van der Waals surface area contributed by atoms with Gasteiger partial charge in [-0.1, -0.05) is 32.1 Å². The molecule has 1 aliphatic heterocycles. The number of carbonyl (C=O) groups excluding carboxylic acids is 1. The highest BCUT2D eigenvalue weighted by atomic mass is 32.1. The maximum Gasteiger partial charge on any atom is 0.310 e. The number of carbonyl (C=O) groups is 1. The average molecular weight is 456 g/mol. The number of ether oxygens (including phenoxy) is 1. The number of hydrogen-bond acceptors (Lipinski definition) is 8. The number of nitrogens with one attached hydrogen (secondary N) is 1. The predicted octanol–water partition coefficient (Wildman–Crippen LogP) is 5.06. The normalized spacial score (nSPS) is 24.4. The summed E-state index contributed by atoms with van der Waals surface area (Å²) in [5, 5.41) is 4.26. The lowest BCUT2D eigenvalue weighted by molar-refractivity contribution is -0.146. The Morgan fingerprint density at radius 1 is 1.12 bits per heavy atom. The number of esters is 1. The first-order valence-corrected chi connectivity index (χ1v) is 12.8. The third kappa shape index (κ3) is 4.90. The smallest absolute Gasteiger partial charge is 0.310 e. The minimum absolute atomic E-state index is 0.114. The molecule has 0 aromatic carbocycles. The molecule has 0 radical (unpaired) electrons. The number of nitrogens with zero attached hydrogens (tertiary/aromatic N) is 4. The highest BCUT2D eigenvalue weighted by molar-refractivity contribution is 7.15. The topological polar surface area (TPSA) is 80.2 Å². The Bertz CT molecular complexity index is 954. The van der Waals surface area contributed by atoms with E-state index in [0.717, 1.165) is 29.6 Å². The number of aryl methyl sites for hydroxylation is 1. The molecule has 5 rings (SSSR count). The van der Waals surface area contributed by atoms with Crippen molar-refractivity contribution in [2.75, 3.05) is 30.4 Å². The Hall–Kier alpha value is -2.22. The fraction of sp³-hybridized carbons (Fsp3) is 0.667. The van der Waals surface area contributed by atoms with Gasteiger partial charge in [0.05, 0.1) is 13.0 Å². The van der Waals surface area contributed by atoms with Crippen molar-refractivity contribution in [2.24, 2.45) is 17.8 Å². The SMILES string of the molecule is COC(=O)C1CC(C2CCCCC2)CN(c2nc(C)cc(Nc3ncc(C4CC4)s3)n2)C1. The molecule has 2 aromatic rings. The minimum atomic E-state index is -0.124. The summed E-state index contributed by atoms with van der Waals surface area (Å²) in [5.41, 5.74) is 0.908. The fourth-order valence-electron chi connectivity index (χ4n) is 5.35. The first kappa shape index (κ1) is 21.6. The summed E-state index contributed by atoms with van der Waals surface area (Å²) in [4.78, 5) is 30.2. The van der Waals surface area contributed by atoms with Gasteiger partial charge in [0, 0.05) is 35.9 Å². The average Bonchev–Trinajstić information content (AvgIpc) is 3.57. The second-order valence-corrected chi connectivity index (χ2v) is 10.7. The zero-order chi connectivity index (χ0) is 22.1. The molecule has 3 aliphatic rings. The van der Waals surface area contributed by atoms with Crippen molar-refractivity contribution >= 4 is 34.2 Å². The minimum Gasteiger partial charge on any atom is -0.469 e. The summed E-state index contributed by atoms with van der Waals surface area (Å²) < 4.78 is 5.14. The molecule has 3 heterocycles. The van der Waals surface area contributed by atoms with Gasteiger partial charge in [0.25, 0.3) is 0 Å². The van der Waals surface area contributed by atoms with E-state index < -0.39 is 0 Å². The van der Waals surface area contributed by atoms with Gasteiger partial charge in [0.1, 0.15) is 5.82 Å². The number of rotatable bonds is 6. The van der Waals surface area contributed by atoms with Crippen molar-refractivity contribution in [1.29, 1.82) is 0 Å². The van der Waals surface area contributed by atoms with Gasteiger partial charge in [-0.05, 0) is 43.9 Å². The highest BCUT2D eigenvalue weighted by Gasteiger charge is 2.37. The van der Waals surface area contributed by atoms with Crippen molar-refractivity contribution in [3.05, 3.63) is 22.8 Å². The van der Waals surface area contributed by atoms with Crippen molar-refractivity contribution in [3.63, 3.8) is 0 Å². The zero-order valence-corrected chi connectivity index (χ0v) is 19.9. The van der Waals surface area contributed by atoms with Crippen LogP contribution in [0.15, 0.2) is 12.3 Å². The first-order chi connectivity index (χ1) is 15.6. The van der Waals surface area contributed by atoms with Gasteiger partial charge in [-0.15, -0.1) is 11.3 Å². The summed E-state index contributed by atoms with van der Waals surface area (Å²) in [6, 6.07) is 1.96. The summed E-state index contributed by atoms with van der Waals surface area (Å²) >= 11 is 1.71. The number of aromatic nitrogens is 3. The van der Waals surface area contributed by atoms with Crippen LogP contribution in [-0.2, 0) is 9.53 Å². The van der Waals surface area contributed by atoms with Gasteiger partial charge in [0.15, 0.2) is 5.13 Å². The molecule has 2 aliphatic carbocycles. The third-order valence-electron chi connectivity index (χ3n) is 7.20. The van der Waals surface area contributed by atoms with Gasteiger partial charge < -0.3 is 15.0 Å². The summed E-state index contributed by atoms with van der Waals surface area (Å²) in [6.45, 7) is 3.51. The van der Waals surface area contributed by atoms with Crippen LogP contribution in [0.2, 0.25) is 0 Å². The van der Waals surface area contributed by atoms with Crippen molar-refractivity contribution in [3.8, 4) is 0 Å². The predicted molar refractivity (Wildman–Crippen MR) is 127 cm³/mol. The molecule has 1 N–H and O–H groups in total. The van der Waals surface area contributed by atoms with Crippen LogP contribution in [0.25, 0.3) is 0 Å². The molecule has 32 heavy (non-hydrogen) atoms. The monoisotopic (exact) mass is 455 g/mol. The molecule has 1 saturated heterocycles. The lowest BCUT2D eigenvalue weighted by Crippen LogP contribution is -2.46. The van der Waals surface area contributed by atoms with Crippen molar-refractivity contribution < 1.29 is 9.53 Å². The molecule has 0 bridgehead atoms. The van der Waals surface area contributed by atoms with E-state index in [4.69, 9.17) is 14.7 Å². The second kappa shape index (κ2) is 9.33. The van der Waals surface area contributed by atoms with Crippen LogP contribution in [0.5, 0.6) is 0 Å². The van der Waals surface area contributed by atoms with Crippen LogP contribution in [0, 0.1) is 24.7 Å². The first-order valence-electron chi connectivity index (χ1n) is 12.0. The number of methoxy groups -OCH3 is 1. The van der Waals surface area contributed by atoms with E-state index in [1.807, 2.05) is 19.2 Å². The molecule has 0 amide bonds. The van der Waals surface area contributed by atoms with E-state index in [2.05, 4.69) is 15.2 Å². The number of piperidine rings is 1. The summed E-state index contributed by atoms with van der Waals surface area (Å²) in [5.74, 6) is 3.08. The second-order valence-electron chi connectivity index (χ2n) is 9.68. The Morgan fingerprint density at radius 2 is 1.94 bits per heavy atom. The molecule has 0 spiro atoms. The molecular weight excluding hydrogens is 422 g/mol. The van der Waals surface area contributed by atoms with Crippen LogP contribution < -0.4 is 10.2 Å². The standard InChI is InChI=1S/C24H33N5O2S/c1-15-10-21(28-24-25-12-20(32-24)17-8-9-17)27-23(26-15)29-13-18(16-6-4-3-5-7-16)11-19(14-29)22(30)31-2/h10,12,16-19H,3-9,11,13-14H2,1-2H3,(H,25,26,27,28). The van der Waals surface area contributed by atoms with E-state index in [1.54, 1.807) is 11.3 Å². The van der Waals surface area contributed by atoms with E-state index in [9.17, 15) is 4.79 Å². The van der Waals surface area contributed by atoms with Crippen LogP contribution >= 0.6 is 11.3 Å². The van der Waals surface area contributed by atoms with Crippen LogP contribution in [0.1, 0.15) is 67.9 Å². The Balaban J connectivity index is 1.36. The van der Waals surface area contributed by atoms with E-state index in [1.165, 1.54) is 56.9 Å². The van der Waals surface area contributed by atoms with Gasteiger partial charge in [-0.3, -0.25) is 4.79 Å². The quantitative estimate of drug-likeness (QED) is 0.610. The number of anilines is 3. The Morgan fingerprint density at radius 3 is 2.69 bits per heavy atom. The third-order valence-corrected chi connectivity index (χ3v) is 8.27. The van der Waals surface area contributed by atoms with Crippen molar-refractivity contribution in [1.82, 2.24) is 15.0 Å². The largest absolute Gasteiger partial charge is 0.469 e. The lowest BCUT2D eigenvalue weighted by Gasteiger charge is -2.41. The van der Waals surface area contributed by atoms with Crippen LogP contribution in [0.3, 0.4) is 0 Å². The molecule has 8 heteroatoms. The van der Waals surface area contributed by atoms with Crippen LogP contribution in [-0.4, -0.2) is 41.1 Å². The van der Waals surface area contributed by atoms with Crippen LogP contribution in [0.4, 0.5) is 16.9 Å². The zero-order valence-electron chi connectivity index (χ0n) is 19.0. The maximum atomic E-state index is 12.5. The summed E-state index contributed by atoms with van der Waals surface area (Å²) in [6.07, 6.45) is 11.9. The molecule has 2 aromatic heterocycles. The Kier molecular flexibility index (Phi) is 6.31. The van der Waals surface area contributed by atoms with Gasteiger partial charge >= 0.3 is 5.97 Å². The van der Waals surface area contributed by atoms with Gasteiger partial charge in [0.2, 0.25) is 5.95 Å². The molecule has 3 fully saturated rings. The molecule has 2 unspecified atom stereocenters. The number of hydrogen-bond donors (Lipinski definition) is 1. The van der Waals surface area contributed by atoms with Gasteiger partial charge in [-0.25, -0.2) is 9.97 Å². The molecule has 2 atom stereocenters. The highest BCUT2D eigenvalue weighted by Crippen LogP contribution is 2.44. The summed E-state index contributed by atoms with van der Waals surface area (Å²) in [7, 11) is 1.49. The lowest BCUT2D eigenvalue weighted by atomic mass is 9.74. The van der Waals surface area contributed by atoms with E-state index in [0.29, 0.717) is 30.2 Å². The molecule has 2 saturated carbocycles. The fourth-order valence-corrected chi connectivity index (χ4v) is 6.35. The van der Waals surface area contributed by atoms with E-state index >= 15 is 0 Å². The molecular formula is C24H33N5O2S. The number of thiazole rings is 1.